The highest BCUT2D eigenvalue weighted by molar-refractivity contribution is 5.28. The lowest BCUT2D eigenvalue weighted by atomic mass is 9.99. The molecule has 0 fully saturated rings. The van der Waals surface area contributed by atoms with Crippen LogP contribution in [0.3, 0.4) is 0 Å². The Hall–Kier alpha value is -0.800. The van der Waals surface area contributed by atoms with Crippen LogP contribution in [0.5, 0.6) is 0 Å². The first-order valence-corrected chi connectivity index (χ1v) is 6.77. The van der Waals surface area contributed by atoms with Gasteiger partial charge >= 0.3 is 0 Å². The number of hydrogen-bond donors (Lipinski definition) is 2. The summed E-state index contributed by atoms with van der Waals surface area (Å²) >= 11 is 0. The van der Waals surface area contributed by atoms with E-state index in [-0.39, 0.29) is 6.61 Å². The number of allylic oxidation sites excluding steroid dienone is 2. The van der Waals surface area contributed by atoms with Gasteiger partial charge in [0, 0.05) is 25.3 Å². The lowest BCUT2D eigenvalue weighted by Crippen LogP contribution is -2.28. The monoisotopic (exact) mass is 238 g/mol. The molecule has 0 aromatic heterocycles. The molecule has 0 bridgehead atoms. The standard InChI is InChI=1S/C14H26N2O/c1-3-15-14-8-6-5-7-13(14)9-10-16(4-2)11-12-17/h6,8,15,17H,3-5,7,9-12H2,1-2H3. The maximum absolute atomic E-state index is 8.96. The molecule has 0 aromatic carbocycles. The Bertz CT molecular complexity index is 271. The highest BCUT2D eigenvalue weighted by Gasteiger charge is 2.09. The van der Waals surface area contributed by atoms with Crippen LogP contribution >= 0.6 is 0 Å². The molecule has 17 heavy (non-hydrogen) atoms. The first-order valence-electron chi connectivity index (χ1n) is 6.77. The fraction of sp³-hybridized carbons (Fsp3) is 0.714. The van der Waals surface area contributed by atoms with Gasteiger partial charge in [-0.15, -0.1) is 0 Å². The minimum absolute atomic E-state index is 0.257. The number of hydrogen-bond acceptors (Lipinski definition) is 3. The van der Waals surface area contributed by atoms with E-state index in [0.717, 1.165) is 39.0 Å². The normalized spacial score (nSPS) is 15.8. The van der Waals surface area contributed by atoms with Gasteiger partial charge in [0.15, 0.2) is 0 Å². The number of nitrogens with zero attached hydrogens (tertiary/aromatic N) is 1. The molecule has 3 nitrogen and oxygen atoms in total. The molecule has 0 heterocycles. The van der Waals surface area contributed by atoms with Crippen LogP contribution in [0.2, 0.25) is 0 Å². The first kappa shape index (κ1) is 14.3. The Kier molecular flexibility index (Phi) is 6.97. The molecule has 0 unspecified atom stereocenters. The Balaban J connectivity index is 2.49. The second kappa shape index (κ2) is 8.31. The van der Waals surface area contributed by atoms with E-state index in [1.165, 1.54) is 17.7 Å². The second-order valence-corrected chi connectivity index (χ2v) is 4.40. The van der Waals surface area contributed by atoms with Gasteiger partial charge in [-0.25, -0.2) is 0 Å². The molecule has 0 spiro atoms. The van der Waals surface area contributed by atoms with Crippen LogP contribution in [0.4, 0.5) is 0 Å². The first-order chi connectivity index (χ1) is 8.31. The van der Waals surface area contributed by atoms with Crippen molar-refractivity contribution < 1.29 is 5.11 Å². The van der Waals surface area contributed by atoms with Gasteiger partial charge in [-0.3, -0.25) is 0 Å². The summed E-state index contributed by atoms with van der Waals surface area (Å²) in [5.41, 5.74) is 2.85. The molecule has 0 saturated heterocycles. The molecule has 0 amide bonds. The summed E-state index contributed by atoms with van der Waals surface area (Å²) in [5, 5.41) is 12.4. The highest BCUT2D eigenvalue weighted by Crippen LogP contribution is 2.20. The predicted molar refractivity (Wildman–Crippen MR) is 72.9 cm³/mol. The number of nitrogens with one attached hydrogen (secondary N) is 1. The van der Waals surface area contributed by atoms with Gasteiger partial charge in [0.2, 0.25) is 0 Å². The van der Waals surface area contributed by atoms with Crippen molar-refractivity contribution in [1.29, 1.82) is 0 Å². The topological polar surface area (TPSA) is 35.5 Å². The number of likely N-dealkylation sites (N-methyl/N-ethyl adjacent to an activating group) is 2. The zero-order valence-electron chi connectivity index (χ0n) is 11.2. The zero-order valence-corrected chi connectivity index (χ0v) is 11.2. The van der Waals surface area contributed by atoms with Crippen LogP contribution in [0.1, 0.15) is 33.1 Å². The summed E-state index contributed by atoms with van der Waals surface area (Å²) in [4.78, 5) is 2.30. The summed E-state index contributed by atoms with van der Waals surface area (Å²) in [6, 6.07) is 0. The lowest BCUT2D eigenvalue weighted by Gasteiger charge is -2.22. The van der Waals surface area contributed by atoms with E-state index >= 15 is 0 Å². The molecule has 1 aliphatic carbocycles. The third-order valence-electron chi connectivity index (χ3n) is 3.24. The Morgan fingerprint density at radius 2 is 2.18 bits per heavy atom. The molecular formula is C14H26N2O. The van der Waals surface area contributed by atoms with Crippen LogP contribution in [-0.2, 0) is 0 Å². The van der Waals surface area contributed by atoms with Gasteiger partial charge in [-0.1, -0.05) is 13.0 Å². The minimum atomic E-state index is 0.257. The van der Waals surface area contributed by atoms with E-state index in [0.29, 0.717) is 0 Å². The van der Waals surface area contributed by atoms with Crippen molar-refractivity contribution in [3.63, 3.8) is 0 Å². The molecule has 1 rings (SSSR count). The summed E-state index contributed by atoms with van der Waals surface area (Å²) < 4.78 is 0. The van der Waals surface area contributed by atoms with Crippen molar-refractivity contribution in [2.75, 3.05) is 32.8 Å². The van der Waals surface area contributed by atoms with Gasteiger partial charge in [-0.05, 0) is 44.4 Å². The van der Waals surface area contributed by atoms with Crippen LogP contribution in [0.25, 0.3) is 0 Å². The van der Waals surface area contributed by atoms with Gasteiger partial charge in [0.05, 0.1) is 6.61 Å². The van der Waals surface area contributed by atoms with E-state index in [9.17, 15) is 0 Å². The van der Waals surface area contributed by atoms with Gasteiger partial charge < -0.3 is 15.3 Å². The van der Waals surface area contributed by atoms with E-state index < -0.39 is 0 Å². The molecule has 2 N–H and O–H groups in total. The van der Waals surface area contributed by atoms with Gasteiger partial charge in [-0.2, -0.15) is 0 Å². The third-order valence-corrected chi connectivity index (χ3v) is 3.24. The molecule has 0 aliphatic heterocycles. The Morgan fingerprint density at radius 3 is 2.82 bits per heavy atom. The number of aliphatic hydroxyl groups excluding tert-OH is 1. The fourth-order valence-electron chi connectivity index (χ4n) is 2.21. The minimum Gasteiger partial charge on any atom is -0.395 e. The van der Waals surface area contributed by atoms with Crippen LogP contribution in [-0.4, -0.2) is 42.8 Å². The van der Waals surface area contributed by atoms with E-state index in [1.807, 2.05) is 0 Å². The summed E-state index contributed by atoms with van der Waals surface area (Å²) in [5.74, 6) is 0. The quantitative estimate of drug-likeness (QED) is 0.678. The predicted octanol–water partition coefficient (Wildman–Crippen LogP) is 1.90. The summed E-state index contributed by atoms with van der Waals surface area (Å²) in [6.07, 6.45) is 7.91. The molecule has 0 saturated carbocycles. The maximum Gasteiger partial charge on any atom is 0.0558 e. The average molecular weight is 238 g/mol. The number of rotatable bonds is 8. The molecular weight excluding hydrogens is 212 g/mol. The van der Waals surface area contributed by atoms with E-state index in [1.54, 1.807) is 0 Å². The van der Waals surface area contributed by atoms with Crippen LogP contribution in [0, 0.1) is 0 Å². The van der Waals surface area contributed by atoms with Crippen molar-refractivity contribution in [3.8, 4) is 0 Å². The van der Waals surface area contributed by atoms with Crippen molar-refractivity contribution in [2.24, 2.45) is 0 Å². The van der Waals surface area contributed by atoms with Crippen molar-refractivity contribution >= 4 is 0 Å². The van der Waals surface area contributed by atoms with Crippen LogP contribution < -0.4 is 5.32 Å². The second-order valence-electron chi connectivity index (χ2n) is 4.40. The van der Waals surface area contributed by atoms with Gasteiger partial charge in [0.25, 0.3) is 0 Å². The molecule has 1 aliphatic rings. The molecule has 0 atom stereocenters. The SMILES string of the molecule is CCNC1=C(CCN(CC)CCO)CCC=C1. The van der Waals surface area contributed by atoms with E-state index in [2.05, 4.69) is 36.2 Å². The third kappa shape index (κ3) is 4.92. The molecule has 0 radical (unpaired) electrons. The number of aliphatic hydroxyl groups is 1. The van der Waals surface area contributed by atoms with E-state index in [4.69, 9.17) is 5.11 Å². The molecule has 98 valence electrons. The van der Waals surface area contributed by atoms with Crippen molar-refractivity contribution in [3.05, 3.63) is 23.4 Å². The highest BCUT2D eigenvalue weighted by atomic mass is 16.3. The lowest BCUT2D eigenvalue weighted by molar-refractivity contribution is 0.203. The molecule has 3 heteroatoms. The van der Waals surface area contributed by atoms with Crippen LogP contribution in [0.15, 0.2) is 23.4 Å². The summed E-state index contributed by atoms with van der Waals surface area (Å²) in [7, 11) is 0. The Labute approximate surface area is 105 Å². The summed E-state index contributed by atoms with van der Waals surface area (Å²) in [6.45, 7) is 8.38. The average Bonchev–Trinajstić information content (AvgIpc) is 2.36. The maximum atomic E-state index is 8.96. The zero-order chi connectivity index (χ0) is 12.5. The fourth-order valence-corrected chi connectivity index (χ4v) is 2.21. The Morgan fingerprint density at radius 1 is 1.35 bits per heavy atom. The molecule has 0 aromatic rings. The van der Waals surface area contributed by atoms with Crippen molar-refractivity contribution in [1.82, 2.24) is 10.2 Å². The van der Waals surface area contributed by atoms with Crippen molar-refractivity contribution in [2.45, 2.75) is 33.1 Å². The van der Waals surface area contributed by atoms with Gasteiger partial charge in [0.1, 0.15) is 0 Å². The smallest absolute Gasteiger partial charge is 0.0558 e. The largest absolute Gasteiger partial charge is 0.395 e.